The smallest absolute Gasteiger partial charge is 0.331 e. The van der Waals surface area contributed by atoms with Crippen LogP contribution in [-0.2, 0) is 4.79 Å². The standard InChI is InChI=1S/C12H18N2O3S/c1-4-12(2,3)14-11(17)13-9(10(15)16)8-6-5-7-18-8/h5-7,9H,4H2,1-3H3,(H,15,16)(H2,13,14,17). The molecule has 5 nitrogen and oxygen atoms in total. The topological polar surface area (TPSA) is 78.4 Å². The fourth-order valence-corrected chi connectivity index (χ4v) is 2.04. The maximum absolute atomic E-state index is 11.7. The maximum Gasteiger partial charge on any atom is 0.331 e. The zero-order valence-electron chi connectivity index (χ0n) is 10.7. The Morgan fingerprint density at radius 2 is 2.17 bits per heavy atom. The molecule has 6 heteroatoms. The molecule has 0 radical (unpaired) electrons. The molecule has 0 bridgehead atoms. The molecule has 2 amide bonds. The molecule has 1 unspecified atom stereocenters. The number of urea groups is 1. The van der Waals surface area contributed by atoms with Crippen molar-refractivity contribution in [2.75, 3.05) is 0 Å². The number of carboxylic acid groups (broad SMARTS) is 1. The van der Waals surface area contributed by atoms with Gasteiger partial charge in [0.1, 0.15) is 0 Å². The number of carbonyl (C=O) groups is 2. The largest absolute Gasteiger partial charge is 0.479 e. The zero-order chi connectivity index (χ0) is 13.8. The van der Waals surface area contributed by atoms with E-state index in [4.69, 9.17) is 5.11 Å². The first kappa shape index (κ1) is 14.5. The Hall–Kier alpha value is -1.56. The number of amides is 2. The van der Waals surface area contributed by atoms with Gasteiger partial charge < -0.3 is 15.7 Å². The van der Waals surface area contributed by atoms with Crippen LogP contribution in [0.1, 0.15) is 38.1 Å². The minimum absolute atomic E-state index is 0.359. The predicted molar refractivity (Wildman–Crippen MR) is 70.7 cm³/mol. The average Bonchev–Trinajstić information content (AvgIpc) is 2.78. The Labute approximate surface area is 110 Å². The Balaban J connectivity index is 2.69. The Morgan fingerprint density at radius 1 is 1.50 bits per heavy atom. The van der Waals surface area contributed by atoms with Gasteiger partial charge in [-0.05, 0) is 31.7 Å². The normalized spacial score (nSPS) is 12.8. The van der Waals surface area contributed by atoms with E-state index in [1.807, 2.05) is 20.8 Å². The SMILES string of the molecule is CCC(C)(C)NC(=O)NC(C(=O)O)c1cccs1. The zero-order valence-corrected chi connectivity index (χ0v) is 11.5. The maximum atomic E-state index is 11.7. The summed E-state index contributed by atoms with van der Waals surface area (Å²) in [6, 6.07) is 1.97. The summed E-state index contributed by atoms with van der Waals surface area (Å²) in [5.74, 6) is -1.07. The molecule has 0 aliphatic heterocycles. The number of hydrogen-bond acceptors (Lipinski definition) is 3. The number of aliphatic carboxylic acids is 1. The molecule has 1 atom stereocenters. The molecule has 1 aromatic heterocycles. The summed E-state index contributed by atoms with van der Waals surface area (Å²) in [4.78, 5) is 23.5. The van der Waals surface area contributed by atoms with Gasteiger partial charge in [0.2, 0.25) is 0 Å². The van der Waals surface area contributed by atoms with Crippen molar-refractivity contribution < 1.29 is 14.7 Å². The van der Waals surface area contributed by atoms with E-state index in [9.17, 15) is 9.59 Å². The fraction of sp³-hybridized carbons (Fsp3) is 0.500. The summed E-state index contributed by atoms with van der Waals surface area (Å²) in [6.45, 7) is 5.72. The van der Waals surface area contributed by atoms with Crippen molar-refractivity contribution in [3.63, 3.8) is 0 Å². The quantitative estimate of drug-likeness (QED) is 0.768. The van der Waals surface area contributed by atoms with Gasteiger partial charge in [0.15, 0.2) is 6.04 Å². The van der Waals surface area contributed by atoms with Crippen LogP contribution in [0.5, 0.6) is 0 Å². The predicted octanol–water partition coefficient (Wildman–Crippen LogP) is 2.36. The lowest BCUT2D eigenvalue weighted by Gasteiger charge is -2.25. The van der Waals surface area contributed by atoms with Crippen molar-refractivity contribution >= 4 is 23.3 Å². The van der Waals surface area contributed by atoms with Crippen molar-refractivity contribution in [3.05, 3.63) is 22.4 Å². The van der Waals surface area contributed by atoms with E-state index in [-0.39, 0.29) is 5.54 Å². The molecule has 1 heterocycles. The molecule has 1 aromatic rings. The lowest BCUT2D eigenvalue weighted by atomic mass is 10.0. The Kier molecular flexibility index (Phi) is 4.72. The van der Waals surface area contributed by atoms with Crippen LogP contribution >= 0.6 is 11.3 Å². The number of rotatable bonds is 5. The van der Waals surface area contributed by atoms with Gasteiger partial charge in [-0.3, -0.25) is 0 Å². The van der Waals surface area contributed by atoms with Crippen LogP contribution < -0.4 is 10.6 Å². The molecule has 0 spiro atoms. The van der Waals surface area contributed by atoms with Crippen LogP contribution in [0.4, 0.5) is 4.79 Å². The summed E-state index contributed by atoms with van der Waals surface area (Å²) in [7, 11) is 0. The summed E-state index contributed by atoms with van der Waals surface area (Å²) < 4.78 is 0. The molecule has 0 aliphatic rings. The summed E-state index contributed by atoms with van der Waals surface area (Å²) >= 11 is 1.30. The average molecular weight is 270 g/mol. The molecule has 100 valence electrons. The van der Waals surface area contributed by atoms with Crippen LogP contribution in [0.15, 0.2) is 17.5 Å². The number of carboxylic acids is 1. The third-order valence-corrected chi connectivity index (χ3v) is 3.62. The number of nitrogens with one attached hydrogen (secondary N) is 2. The van der Waals surface area contributed by atoms with Gasteiger partial charge in [0.05, 0.1) is 0 Å². The van der Waals surface area contributed by atoms with Crippen LogP contribution in [0.3, 0.4) is 0 Å². The lowest BCUT2D eigenvalue weighted by Crippen LogP contribution is -2.49. The van der Waals surface area contributed by atoms with Crippen LogP contribution in [0.2, 0.25) is 0 Å². The van der Waals surface area contributed by atoms with Crippen LogP contribution in [0, 0.1) is 0 Å². The Bertz CT molecular complexity index is 415. The summed E-state index contributed by atoms with van der Waals surface area (Å²) in [5.41, 5.74) is -0.359. The molecule has 18 heavy (non-hydrogen) atoms. The van der Waals surface area contributed by atoms with Crippen molar-refractivity contribution in [2.24, 2.45) is 0 Å². The van der Waals surface area contributed by atoms with Crippen molar-refractivity contribution in [2.45, 2.75) is 38.8 Å². The van der Waals surface area contributed by atoms with E-state index in [2.05, 4.69) is 10.6 Å². The van der Waals surface area contributed by atoms with Crippen molar-refractivity contribution in [1.82, 2.24) is 10.6 Å². The highest BCUT2D eigenvalue weighted by Gasteiger charge is 2.25. The second kappa shape index (κ2) is 5.86. The minimum Gasteiger partial charge on any atom is -0.479 e. The second-order valence-electron chi connectivity index (χ2n) is 4.62. The van der Waals surface area contributed by atoms with Gasteiger partial charge in [0, 0.05) is 10.4 Å². The number of carbonyl (C=O) groups excluding carboxylic acids is 1. The lowest BCUT2D eigenvalue weighted by molar-refractivity contribution is -0.139. The van der Waals surface area contributed by atoms with Gasteiger partial charge in [-0.15, -0.1) is 11.3 Å². The third-order valence-electron chi connectivity index (χ3n) is 2.69. The van der Waals surface area contributed by atoms with Gasteiger partial charge >= 0.3 is 12.0 Å². The van der Waals surface area contributed by atoms with Crippen LogP contribution in [0.25, 0.3) is 0 Å². The summed E-state index contributed by atoms with van der Waals surface area (Å²) in [5, 5.41) is 16.1. The third kappa shape index (κ3) is 4.03. The monoisotopic (exact) mass is 270 g/mol. The van der Waals surface area contributed by atoms with Crippen molar-refractivity contribution in [3.8, 4) is 0 Å². The van der Waals surface area contributed by atoms with Crippen LogP contribution in [-0.4, -0.2) is 22.6 Å². The molecule has 0 saturated heterocycles. The highest BCUT2D eigenvalue weighted by Crippen LogP contribution is 2.19. The van der Waals surface area contributed by atoms with E-state index in [0.717, 1.165) is 6.42 Å². The Morgan fingerprint density at radius 3 is 2.61 bits per heavy atom. The van der Waals surface area contributed by atoms with E-state index < -0.39 is 18.0 Å². The molecular formula is C12H18N2O3S. The molecule has 0 aromatic carbocycles. The second-order valence-corrected chi connectivity index (χ2v) is 5.60. The minimum atomic E-state index is -1.07. The van der Waals surface area contributed by atoms with E-state index in [1.54, 1.807) is 17.5 Å². The first-order valence-corrected chi connectivity index (χ1v) is 6.58. The van der Waals surface area contributed by atoms with E-state index >= 15 is 0 Å². The molecule has 0 saturated carbocycles. The van der Waals surface area contributed by atoms with Crippen molar-refractivity contribution in [1.29, 1.82) is 0 Å². The molecule has 1 rings (SSSR count). The molecule has 3 N–H and O–H groups in total. The molecule has 0 aliphatic carbocycles. The van der Waals surface area contributed by atoms with Gasteiger partial charge in [0.25, 0.3) is 0 Å². The summed E-state index contributed by atoms with van der Waals surface area (Å²) in [6.07, 6.45) is 0.761. The number of hydrogen-bond donors (Lipinski definition) is 3. The molecular weight excluding hydrogens is 252 g/mol. The van der Waals surface area contributed by atoms with E-state index in [1.165, 1.54) is 11.3 Å². The highest BCUT2D eigenvalue weighted by molar-refractivity contribution is 7.10. The molecule has 0 fully saturated rings. The first-order chi connectivity index (χ1) is 8.35. The van der Waals surface area contributed by atoms with Gasteiger partial charge in [-0.1, -0.05) is 13.0 Å². The highest BCUT2D eigenvalue weighted by atomic mass is 32.1. The first-order valence-electron chi connectivity index (χ1n) is 5.70. The van der Waals surface area contributed by atoms with E-state index in [0.29, 0.717) is 4.88 Å². The van der Waals surface area contributed by atoms with Gasteiger partial charge in [-0.2, -0.15) is 0 Å². The fourth-order valence-electron chi connectivity index (χ4n) is 1.27. The number of thiophene rings is 1. The van der Waals surface area contributed by atoms with Gasteiger partial charge in [-0.25, -0.2) is 9.59 Å².